The Labute approximate surface area is 261 Å². The van der Waals surface area contributed by atoms with E-state index in [4.69, 9.17) is 19.7 Å². The van der Waals surface area contributed by atoms with Crippen LogP contribution in [0.2, 0.25) is 0 Å². The molecule has 1 aromatic heterocycles. The van der Waals surface area contributed by atoms with Crippen LogP contribution in [0, 0.1) is 6.92 Å². The first-order valence-electron chi connectivity index (χ1n) is 15.2. The third-order valence-corrected chi connectivity index (χ3v) is 9.11. The van der Waals surface area contributed by atoms with Crippen LogP contribution in [0.4, 0.5) is 0 Å². The van der Waals surface area contributed by atoms with Crippen LogP contribution in [0.1, 0.15) is 28.1 Å². The van der Waals surface area contributed by atoms with E-state index in [0.717, 1.165) is 44.9 Å². The molecule has 4 nitrogen and oxygen atoms in total. The van der Waals surface area contributed by atoms with Gasteiger partial charge in [0.1, 0.15) is 17.3 Å². The summed E-state index contributed by atoms with van der Waals surface area (Å²) < 4.78 is 6.49. The van der Waals surface area contributed by atoms with Crippen LogP contribution in [0.5, 0.6) is 11.5 Å². The van der Waals surface area contributed by atoms with Crippen LogP contribution in [-0.2, 0) is 5.41 Å². The van der Waals surface area contributed by atoms with Crippen molar-refractivity contribution in [3.8, 4) is 56.5 Å². The van der Waals surface area contributed by atoms with Crippen LogP contribution >= 0.6 is 0 Å². The monoisotopic (exact) mass is 577 g/mol. The molecule has 1 aliphatic carbocycles. The zero-order valence-corrected chi connectivity index (χ0v) is 24.6. The average Bonchev–Trinajstić information content (AvgIpc) is 3.39. The van der Waals surface area contributed by atoms with Gasteiger partial charge in [-0.1, -0.05) is 133 Å². The maximum Gasteiger partial charge on any atom is 0.164 e. The average molecular weight is 578 g/mol. The lowest BCUT2D eigenvalue weighted by Gasteiger charge is -2.39. The zero-order valence-electron chi connectivity index (χ0n) is 24.6. The molecule has 0 saturated heterocycles. The van der Waals surface area contributed by atoms with Crippen molar-refractivity contribution >= 4 is 0 Å². The van der Waals surface area contributed by atoms with Gasteiger partial charge in [-0.3, -0.25) is 0 Å². The molecule has 0 radical (unpaired) electrons. The summed E-state index contributed by atoms with van der Waals surface area (Å²) in [6, 6.07) is 51.0. The third-order valence-electron chi connectivity index (χ3n) is 9.11. The maximum absolute atomic E-state index is 6.49. The molecule has 7 aromatic rings. The Morgan fingerprint density at radius 2 is 0.956 bits per heavy atom. The largest absolute Gasteiger partial charge is 0.457 e. The van der Waals surface area contributed by atoms with Crippen molar-refractivity contribution in [2.45, 2.75) is 12.3 Å². The Balaban J connectivity index is 1.26. The van der Waals surface area contributed by atoms with Gasteiger partial charge in [-0.2, -0.15) is 0 Å². The van der Waals surface area contributed by atoms with Crippen LogP contribution in [-0.4, -0.2) is 15.0 Å². The van der Waals surface area contributed by atoms with E-state index < -0.39 is 5.41 Å². The van der Waals surface area contributed by atoms with E-state index in [0.29, 0.717) is 17.5 Å². The predicted molar refractivity (Wildman–Crippen MR) is 178 cm³/mol. The first-order chi connectivity index (χ1) is 22.2. The molecule has 9 rings (SSSR count). The molecular formula is C41H27N3O. The lowest BCUT2D eigenvalue weighted by molar-refractivity contribution is 0.436. The van der Waals surface area contributed by atoms with E-state index in [2.05, 4.69) is 127 Å². The quantitative estimate of drug-likeness (QED) is 0.210. The second-order valence-corrected chi connectivity index (χ2v) is 11.6. The molecule has 2 aliphatic rings. The van der Waals surface area contributed by atoms with Crippen molar-refractivity contribution in [2.24, 2.45) is 0 Å². The van der Waals surface area contributed by atoms with Crippen molar-refractivity contribution in [3.05, 3.63) is 174 Å². The molecule has 0 saturated carbocycles. The van der Waals surface area contributed by atoms with Gasteiger partial charge in [-0.05, 0) is 52.4 Å². The van der Waals surface area contributed by atoms with Crippen molar-refractivity contribution in [3.63, 3.8) is 0 Å². The second-order valence-electron chi connectivity index (χ2n) is 11.6. The number of benzene rings is 6. The van der Waals surface area contributed by atoms with E-state index >= 15 is 0 Å². The third kappa shape index (κ3) is 3.76. The van der Waals surface area contributed by atoms with Crippen molar-refractivity contribution in [2.75, 3.05) is 0 Å². The Kier molecular flexibility index (Phi) is 5.59. The Hall–Kier alpha value is -5.87. The fraction of sp³-hybridized carbons (Fsp3) is 0.0488. The van der Waals surface area contributed by atoms with E-state index in [9.17, 15) is 0 Å². The van der Waals surface area contributed by atoms with E-state index in [1.54, 1.807) is 0 Å². The van der Waals surface area contributed by atoms with Crippen LogP contribution in [0.15, 0.2) is 146 Å². The van der Waals surface area contributed by atoms with E-state index in [1.165, 1.54) is 22.3 Å². The molecule has 0 amide bonds. The molecular weight excluding hydrogens is 550 g/mol. The topological polar surface area (TPSA) is 47.9 Å². The minimum atomic E-state index is -0.536. The number of para-hydroxylation sites is 2. The van der Waals surface area contributed by atoms with Crippen molar-refractivity contribution in [1.29, 1.82) is 0 Å². The van der Waals surface area contributed by atoms with Gasteiger partial charge in [0.25, 0.3) is 0 Å². The molecule has 6 aromatic carbocycles. The second kappa shape index (κ2) is 9.83. The normalized spacial score (nSPS) is 13.4. The summed E-state index contributed by atoms with van der Waals surface area (Å²) in [4.78, 5) is 14.8. The molecule has 0 fully saturated rings. The number of nitrogens with zero attached hydrogens (tertiary/aromatic N) is 3. The highest BCUT2D eigenvalue weighted by molar-refractivity contribution is 5.95. The minimum Gasteiger partial charge on any atom is -0.457 e. The zero-order chi connectivity index (χ0) is 30.0. The van der Waals surface area contributed by atoms with Gasteiger partial charge in [0, 0.05) is 22.3 Å². The standard InChI is InChI=1S/C41H27N3O/c1-26-42-39(29-24-22-28(23-25-29)27-12-3-2-4-13-27)44-40(43-26)31-15-11-19-35-38(31)30-14-5-6-16-32(30)41(35)33-17-7-9-20-36(33)45-37-21-10-8-18-34(37)41/h2-25H,1H3. The smallest absolute Gasteiger partial charge is 0.164 e. The first kappa shape index (κ1) is 25.6. The summed E-state index contributed by atoms with van der Waals surface area (Å²) in [5, 5.41) is 0. The molecule has 2 heterocycles. The number of rotatable bonds is 3. The van der Waals surface area contributed by atoms with E-state index in [-0.39, 0.29) is 0 Å². The molecule has 212 valence electrons. The van der Waals surface area contributed by atoms with Gasteiger partial charge in [0.05, 0.1) is 5.41 Å². The molecule has 4 heteroatoms. The van der Waals surface area contributed by atoms with E-state index in [1.807, 2.05) is 25.1 Å². The van der Waals surface area contributed by atoms with Crippen LogP contribution < -0.4 is 4.74 Å². The Bertz CT molecular complexity index is 2210. The number of ether oxygens (including phenoxy) is 1. The van der Waals surface area contributed by atoms with Gasteiger partial charge < -0.3 is 4.74 Å². The number of fused-ring (bicyclic) bond motifs is 9. The summed E-state index contributed by atoms with van der Waals surface area (Å²) in [5.41, 5.74) is 10.8. The first-order valence-corrected chi connectivity index (χ1v) is 15.2. The van der Waals surface area contributed by atoms with Crippen LogP contribution in [0.3, 0.4) is 0 Å². The van der Waals surface area contributed by atoms with Gasteiger partial charge in [-0.15, -0.1) is 0 Å². The summed E-state index contributed by atoms with van der Waals surface area (Å²) >= 11 is 0. The lowest BCUT2D eigenvalue weighted by Crippen LogP contribution is -2.32. The highest BCUT2D eigenvalue weighted by atomic mass is 16.5. The summed E-state index contributed by atoms with van der Waals surface area (Å²) in [6.45, 7) is 1.94. The molecule has 45 heavy (non-hydrogen) atoms. The number of aromatic nitrogens is 3. The highest BCUT2D eigenvalue weighted by Gasteiger charge is 2.51. The lowest BCUT2D eigenvalue weighted by atomic mass is 9.66. The van der Waals surface area contributed by atoms with Gasteiger partial charge in [0.15, 0.2) is 11.6 Å². The Morgan fingerprint density at radius 1 is 0.422 bits per heavy atom. The van der Waals surface area contributed by atoms with Crippen LogP contribution in [0.25, 0.3) is 45.0 Å². The molecule has 0 atom stereocenters. The molecule has 0 unspecified atom stereocenters. The van der Waals surface area contributed by atoms with Gasteiger partial charge in [0.2, 0.25) is 0 Å². The van der Waals surface area contributed by atoms with Gasteiger partial charge >= 0.3 is 0 Å². The fourth-order valence-electron chi connectivity index (χ4n) is 7.26. The number of aryl methyl sites for hydroxylation is 1. The van der Waals surface area contributed by atoms with Crippen molar-refractivity contribution < 1.29 is 4.74 Å². The maximum atomic E-state index is 6.49. The molecule has 0 N–H and O–H groups in total. The summed E-state index contributed by atoms with van der Waals surface area (Å²) in [6.07, 6.45) is 0. The Morgan fingerprint density at radius 3 is 1.69 bits per heavy atom. The summed E-state index contributed by atoms with van der Waals surface area (Å²) in [5.74, 6) is 3.77. The minimum absolute atomic E-state index is 0.536. The SMILES string of the molecule is Cc1nc(-c2ccc(-c3ccccc3)cc2)nc(-c2cccc3c2-c2ccccc2C32c3ccccc3Oc3ccccc32)n1. The number of hydrogen-bond acceptors (Lipinski definition) is 4. The fourth-order valence-corrected chi connectivity index (χ4v) is 7.26. The number of hydrogen-bond donors (Lipinski definition) is 0. The molecule has 1 spiro atoms. The van der Waals surface area contributed by atoms with Crippen molar-refractivity contribution in [1.82, 2.24) is 15.0 Å². The molecule has 1 aliphatic heterocycles. The summed E-state index contributed by atoms with van der Waals surface area (Å²) in [7, 11) is 0. The predicted octanol–water partition coefficient (Wildman–Crippen LogP) is 9.65. The molecule has 0 bridgehead atoms. The van der Waals surface area contributed by atoms with Gasteiger partial charge in [-0.25, -0.2) is 15.0 Å². The highest BCUT2D eigenvalue weighted by Crippen LogP contribution is 2.63.